The van der Waals surface area contributed by atoms with E-state index < -0.39 is 0 Å². The first-order valence-electron chi connectivity index (χ1n) is 7.11. The molecule has 3 heteroatoms. The lowest BCUT2D eigenvalue weighted by molar-refractivity contribution is 0.281. The summed E-state index contributed by atoms with van der Waals surface area (Å²) in [5.74, 6) is 0.817. The maximum absolute atomic E-state index is 14.2. The van der Waals surface area contributed by atoms with E-state index in [1.165, 1.54) is 6.07 Å². The van der Waals surface area contributed by atoms with Crippen LogP contribution in [0.15, 0.2) is 36.4 Å². The summed E-state index contributed by atoms with van der Waals surface area (Å²) in [6, 6.07) is 10.4. The molecule has 0 radical (unpaired) electrons. The predicted molar refractivity (Wildman–Crippen MR) is 82.9 cm³/mol. The van der Waals surface area contributed by atoms with Gasteiger partial charge in [0, 0.05) is 5.56 Å². The quantitative estimate of drug-likeness (QED) is 0.894. The van der Waals surface area contributed by atoms with E-state index in [2.05, 4.69) is 13.8 Å². The smallest absolute Gasteiger partial charge is 0.131 e. The highest BCUT2D eigenvalue weighted by molar-refractivity contribution is 5.70. The Morgan fingerprint density at radius 1 is 1.10 bits per heavy atom. The average Bonchev–Trinajstić information content (AvgIpc) is 2.47. The van der Waals surface area contributed by atoms with Crippen molar-refractivity contribution in [2.45, 2.75) is 26.9 Å². The van der Waals surface area contributed by atoms with Gasteiger partial charge in [-0.25, -0.2) is 4.39 Å². The van der Waals surface area contributed by atoms with Crippen LogP contribution in [0, 0.1) is 11.7 Å². The molecule has 0 aliphatic heterocycles. The molecule has 2 rings (SSSR count). The SMILES string of the molecule is COc1ccc(F)c(-c2ccc(CO)cc2CC(C)C)c1. The van der Waals surface area contributed by atoms with Crippen LogP contribution < -0.4 is 4.74 Å². The molecule has 0 saturated heterocycles. The molecule has 0 aliphatic rings. The van der Waals surface area contributed by atoms with Gasteiger partial charge in [-0.3, -0.25) is 0 Å². The number of aliphatic hydroxyl groups is 1. The molecule has 0 saturated carbocycles. The second kappa shape index (κ2) is 6.72. The van der Waals surface area contributed by atoms with E-state index in [0.29, 0.717) is 17.2 Å². The number of halogens is 1. The fraction of sp³-hybridized carbons (Fsp3) is 0.333. The van der Waals surface area contributed by atoms with Crippen LogP contribution in [0.5, 0.6) is 5.75 Å². The minimum absolute atomic E-state index is 0.00797. The van der Waals surface area contributed by atoms with Gasteiger partial charge in [0.05, 0.1) is 13.7 Å². The molecule has 0 atom stereocenters. The molecule has 0 amide bonds. The number of aliphatic hydroxyl groups excluding tert-OH is 1. The van der Waals surface area contributed by atoms with Gasteiger partial charge < -0.3 is 9.84 Å². The van der Waals surface area contributed by atoms with E-state index in [1.807, 2.05) is 18.2 Å². The van der Waals surface area contributed by atoms with Gasteiger partial charge in [0.2, 0.25) is 0 Å². The van der Waals surface area contributed by atoms with E-state index in [4.69, 9.17) is 4.74 Å². The third kappa shape index (κ3) is 3.61. The molecule has 0 bridgehead atoms. The monoisotopic (exact) mass is 288 g/mol. The van der Waals surface area contributed by atoms with E-state index in [1.54, 1.807) is 19.2 Å². The zero-order valence-corrected chi connectivity index (χ0v) is 12.7. The highest BCUT2D eigenvalue weighted by atomic mass is 19.1. The van der Waals surface area contributed by atoms with Crippen molar-refractivity contribution < 1.29 is 14.2 Å². The predicted octanol–water partition coefficient (Wildman–Crippen LogP) is 4.19. The second-order valence-electron chi connectivity index (χ2n) is 5.59. The van der Waals surface area contributed by atoms with E-state index in [9.17, 15) is 9.50 Å². The zero-order chi connectivity index (χ0) is 15.4. The fourth-order valence-electron chi connectivity index (χ4n) is 2.45. The van der Waals surface area contributed by atoms with Gasteiger partial charge in [0.15, 0.2) is 0 Å². The Morgan fingerprint density at radius 2 is 1.86 bits per heavy atom. The summed E-state index contributed by atoms with van der Waals surface area (Å²) in [7, 11) is 1.57. The molecule has 0 spiro atoms. The first kappa shape index (κ1) is 15.5. The van der Waals surface area contributed by atoms with E-state index in [0.717, 1.165) is 23.1 Å². The summed E-state index contributed by atoms with van der Waals surface area (Å²) in [6.45, 7) is 4.24. The largest absolute Gasteiger partial charge is 0.497 e. The number of rotatable bonds is 5. The summed E-state index contributed by atoms with van der Waals surface area (Å²) >= 11 is 0. The molecule has 0 heterocycles. The van der Waals surface area contributed by atoms with Gasteiger partial charge in [0.25, 0.3) is 0 Å². The summed E-state index contributed by atoms with van der Waals surface area (Å²) in [6.07, 6.45) is 0.833. The third-order valence-electron chi connectivity index (χ3n) is 3.44. The molecule has 21 heavy (non-hydrogen) atoms. The van der Waals surface area contributed by atoms with Crippen molar-refractivity contribution in [2.75, 3.05) is 7.11 Å². The standard InChI is InChI=1S/C18H21FO2/c1-12(2)8-14-9-13(11-20)4-6-16(14)17-10-15(21-3)5-7-18(17)19/h4-7,9-10,12,20H,8,11H2,1-3H3. The van der Waals surface area contributed by atoms with Crippen molar-refractivity contribution in [3.63, 3.8) is 0 Å². The molecule has 112 valence electrons. The lowest BCUT2D eigenvalue weighted by atomic mass is 9.92. The van der Waals surface area contributed by atoms with Crippen LogP contribution in [0.1, 0.15) is 25.0 Å². The Labute approximate surface area is 125 Å². The minimum Gasteiger partial charge on any atom is -0.497 e. The average molecular weight is 288 g/mol. The highest BCUT2D eigenvalue weighted by Gasteiger charge is 2.13. The van der Waals surface area contributed by atoms with Crippen LogP contribution in [-0.2, 0) is 13.0 Å². The van der Waals surface area contributed by atoms with Gasteiger partial charge in [-0.2, -0.15) is 0 Å². The van der Waals surface area contributed by atoms with Gasteiger partial charge in [-0.15, -0.1) is 0 Å². The summed E-state index contributed by atoms with van der Waals surface area (Å²) in [5.41, 5.74) is 3.29. The highest BCUT2D eigenvalue weighted by Crippen LogP contribution is 2.31. The van der Waals surface area contributed by atoms with Crippen molar-refractivity contribution >= 4 is 0 Å². The van der Waals surface area contributed by atoms with Crippen LogP contribution in [0.4, 0.5) is 4.39 Å². The van der Waals surface area contributed by atoms with Crippen LogP contribution >= 0.6 is 0 Å². The molecule has 0 fully saturated rings. The Kier molecular flexibility index (Phi) is 4.97. The first-order chi connectivity index (χ1) is 10.0. The van der Waals surface area contributed by atoms with Gasteiger partial charge in [0.1, 0.15) is 11.6 Å². The Morgan fingerprint density at radius 3 is 2.48 bits per heavy atom. The molecule has 0 aliphatic carbocycles. The topological polar surface area (TPSA) is 29.5 Å². The molecular formula is C18H21FO2. The maximum atomic E-state index is 14.2. The number of hydrogen-bond acceptors (Lipinski definition) is 2. The lowest BCUT2D eigenvalue weighted by Gasteiger charge is -2.15. The molecular weight excluding hydrogens is 267 g/mol. The van der Waals surface area contributed by atoms with Crippen LogP contribution in [-0.4, -0.2) is 12.2 Å². The van der Waals surface area contributed by atoms with Gasteiger partial charge in [-0.05, 0) is 47.2 Å². The summed E-state index contributed by atoms with van der Waals surface area (Å²) < 4.78 is 19.4. The fourth-order valence-corrected chi connectivity index (χ4v) is 2.45. The van der Waals surface area contributed by atoms with E-state index >= 15 is 0 Å². The van der Waals surface area contributed by atoms with Crippen molar-refractivity contribution in [3.05, 3.63) is 53.3 Å². The molecule has 2 aromatic rings. The zero-order valence-electron chi connectivity index (χ0n) is 12.7. The number of hydrogen-bond donors (Lipinski definition) is 1. The first-order valence-corrected chi connectivity index (χ1v) is 7.11. The summed E-state index contributed by atoms with van der Waals surface area (Å²) in [4.78, 5) is 0. The number of benzene rings is 2. The van der Waals surface area contributed by atoms with Crippen LogP contribution in [0.25, 0.3) is 11.1 Å². The van der Waals surface area contributed by atoms with Crippen molar-refractivity contribution in [3.8, 4) is 16.9 Å². The lowest BCUT2D eigenvalue weighted by Crippen LogP contribution is -2.00. The third-order valence-corrected chi connectivity index (χ3v) is 3.44. The van der Waals surface area contributed by atoms with Gasteiger partial charge >= 0.3 is 0 Å². The van der Waals surface area contributed by atoms with Crippen LogP contribution in [0.3, 0.4) is 0 Å². The van der Waals surface area contributed by atoms with Crippen molar-refractivity contribution in [2.24, 2.45) is 5.92 Å². The Hall–Kier alpha value is -1.87. The number of methoxy groups -OCH3 is 1. The van der Waals surface area contributed by atoms with Gasteiger partial charge in [-0.1, -0.05) is 32.0 Å². The molecule has 0 unspecified atom stereocenters. The molecule has 2 nitrogen and oxygen atoms in total. The normalized spacial score (nSPS) is 11.0. The van der Waals surface area contributed by atoms with Crippen molar-refractivity contribution in [1.82, 2.24) is 0 Å². The van der Waals surface area contributed by atoms with Crippen LogP contribution in [0.2, 0.25) is 0 Å². The Bertz CT molecular complexity index is 621. The second-order valence-corrected chi connectivity index (χ2v) is 5.59. The molecule has 2 aromatic carbocycles. The summed E-state index contributed by atoms with van der Waals surface area (Å²) in [5, 5.41) is 9.30. The maximum Gasteiger partial charge on any atom is 0.131 e. The minimum atomic E-state index is -0.266. The van der Waals surface area contributed by atoms with E-state index in [-0.39, 0.29) is 12.4 Å². The van der Waals surface area contributed by atoms with Crippen molar-refractivity contribution in [1.29, 1.82) is 0 Å². The Balaban J connectivity index is 2.56. The molecule has 0 aromatic heterocycles. The molecule has 1 N–H and O–H groups in total. The number of ether oxygens (including phenoxy) is 1.